The highest BCUT2D eigenvalue weighted by Gasteiger charge is 2.50. The van der Waals surface area contributed by atoms with Crippen molar-refractivity contribution in [3.63, 3.8) is 0 Å². The summed E-state index contributed by atoms with van der Waals surface area (Å²) in [5, 5.41) is 11.5. The second-order valence-corrected chi connectivity index (χ2v) is 39.6. The molecule has 0 nitrogen and oxygen atoms in total. The Kier molecular flexibility index (Phi) is 16.5. The molecule has 0 N–H and O–H groups in total. The third kappa shape index (κ3) is 10.0. The lowest BCUT2D eigenvalue weighted by molar-refractivity contribution is 0.667. The number of rotatable bonds is 14. The van der Waals surface area contributed by atoms with E-state index in [1.54, 1.807) is 9.79 Å². The van der Waals surface area contributed by atoms with E-state index in [1.807, 2.05) is 0 Å². The van der Waals surface area contributed by atoms with Crippen LogP contribution in [0.15, 0.2) is 82.6 Å². The molecule has 0 saturated heterocycles. The first kappa shape index (κ1) is 60.2. The van der Waals surface area contributed by atoms with E-state index >= 15 is 0 Å². The van der Waals surface area contributed by atoms with Crippen LogP contribution in [-0.4, -0.2) is 30.5 Å². The van der Waals surface area contributed by atoms with Gasteiger partial charge in [0.1, 0.15) is 0 Å². The highest BCUT2D eigenvalue weighted by atomic mass is 32.3. The highest BCUT2D eigenvalue weighted by molar-refractivity contribution is 8.36. The van der Waals surface area contributed by atoms with Crippen LogP contribution in [0.5, 0.6) is 0 Å². The zero-order valence-corrected chi connectivity index (χ0v) is 55.4. The van der Waals surface area contributed by atoms with Crippen LogP contribution < -0.4 is 0 Å². The SMILES string of the molecule is CC(C)CS(c1ccc2c3ccc(S(CC(C)C)(C(C)(C)C)C(C)(C)C)c4cc(-c5c(C(C)C)cc(C(C)C)cc5C(C)C)cc(c5cc(-c6c(C(C)C)cc(C(C)C)cc6C(C)C)cc1c25)c43)(C(C)(C)C)C(C)(C)C. The number of benzene rings is 7. The van der Waals surface area contributed by atoms with Gasteiger partial charge < -0.3 is 0 Å². The topological polar surface area (TPSA) is 0 Å². The first-order chi connectivity index (χ1) is 34.8. The van der Waals surface area contributed by atoms with Gasteiger partial charge in [-0.25, -0.2) is 20.1 Å². The summed E-state index contributed by atoms with van der Waals surface area (Å²) in [6.45, 7) is 69.8. The lowest BCUT2D eigenvalue weighted by Crippen LogP contribution is -2.41. The van der Waals surface area contributed by atoms with Crippen molar-refractivity contribution in [3.05, 3.63) is 106 Å². The molecule has 7 rings (SSSR count). The lowest BCUT2D eigenvalue weighted by Gasteiger charge is -2.61. The molecule has 0 aliphatic rings. The van der Waals surface area contributed by atoms with E-state index < -0.39 is 20.1 Å². The van der Waals surface area contributed by atoms with Crippen molar-refractivity contribution in [2.45, 2.75) is 258 Å². The van der Waals surface area contributed by atoms with E-state index in [2.05, 4.69) is 267 Å². The van der Waals surface area contributed by atoms with Gasteiger partial charge in [-0.15, -0.1) is 0 Å². The summed E-state index contributed by atoms with van der Waals surface area (Å²) >= 11 is 0. The van der Waals surface area contributed by atoms with Gasteiger partial charge in [0.15, 0.2) is 0 Å². The van der Waals surface area contributed by atoms with Gasteiger partial charge in [0, 0.05) is 0 Å². The third-order valence-electron chi connectivity index (χ3n) is 17.7. The van der Waals surface area contributed by atoms with Gasteiger partial charge in [0.2, 0.25) is 0 Å². The van der Waals surface area contributed by atoms with Crippen molar-refractivity contribution >= 4 is 63.1 Å². The molecule has 2 heteroatoms. The average molecular weight is 1060 g/mol. The lowest BCUT2D eigenvalue weighted by atomic mass is 9.79. The Morgan fingerprint density at radius 1 is 0.303 bits per heavy atom. The Labute approximate surface area is 470 Å². The maximum atomic E-state index is 2.73. The minimum absolute atomic E-state index is 0.0421. The van der Waals surface area contributed by atoms with E-state index in [0.717, 1.165) is 0 Å². The van der Waals surface area contributed by atoms with Crippen molar-refractivity contribution in [1.29, 1.82) is 0 Å². The molecule has 0 unspecified atom stereocenters. The Balaban J connectivity index is 1.93. The molecule has 0 aliphatic carbocycles. The quantitative estimate of drug-likeness (QED) is 0.0752. The molecule has 0 atom stereocenters. The molecule has 0 spiro atoms. The van der Waals surface area contributed by atoms with Gasteiger partial charge >= 0.3 is 0 Å². The zero-order valence-electron chi connectivity index (χ0n) is 53.8. The Morgan fingerprint density at radius 3 is 0.763 bits per heavy atom. The maximum Gasteiger partial charge on any atom is -0.00102 e. The standard InChI is InChI=1S/C74H108S2/c1-43(2)41-75(71(17,18)19,72(20,21)22)65-31-29-55-56-30-32-66(76(42-44(3)4,73(23,24)25)74(26,27)28)64-40-54(68-59(49(13)14)35-52(46(7)8)36-60(68)50(15)16)38-62(70(56)64)61-37-53(39-63(65)69(55)61)67-57(47(9)10)33-51(45(5)6)34-58(67)48(11)12/h29-40,43-50H,41-42H2,1-28H3. The van der Waals surface area contributed by atoms with E-state index in [1.165, 1.54) is 110 Å². The minimum atomic E-state index is -1.51. The number of fused-ring (bicyclic) bond motifs is 2. The van der Waals surface area contributed by atoms with Crippen LogP contribution in [0.25, 0.3) is 65.3 Å². The van der Waals surface area contributed by atoms with Gasteiger partial charge in [-0.2, -0.15) is 0 Å². The van der Waals surface area contributed by atoms with Crippen molar-refractivity contribution < 1.29 is 0 Å². The van der Waals surface area contributed by atoms with Crippen molar-refractivity contribution in [1.82, 2.24) is 0 Å². The van der Waals surface area contributed by atoms with Crippen LogP contribution in [-0.2, 0) is 0 Å². The smallest absolute Gasteiger partial charge is 0.00102 e. The van der Waals surface area contributed by atoms with Crippen LogP contribution in [0.1, 0.15) is 263 Å². The fourth-order valence-electron chi connectivity index (χ4n) is 14.6. The molecule has 0 amide bonds. The monoisotopic (exact) mass is 1060 g/mol. The third-order valence-corrected chi connectivity index (χ3v) is 30.6. The summed E-state index contributed by atoms with van der Waals surface area (Å²) in [5.41, 5.74) is 14.5. The van der Waals surface area contributed by atoms with Gasteiger partial charge in [-0.3, -0.25) is 0 Å². The van der Waals surface area contributed by atoms with Gasteiger partial charge in [-0.1, -0.05) is 230 Å². The van der Waals surface area contributed by atoms with Crippen molar-refractivity contribution in [2.24, 2.45) is 11.8 Å². The molecule has 0 heterocycles. The fourth-order valence-corrected chi connectivity index (χ4v) is 26.9. The maximum absolute atomic E-state index is 2.73. The Hall–Kier alpha value is -3.46. The Bertz CT molecular complexity index is 2940. The minimum Gasteiger partial charge on any atom is -0.204 e. The molecule has 0 aromatic heterocycles. The molecule has 0 aliphatic heterocycles. The predicted octanol–water partition coefficient (Wildman–Crippen LogP) is 24.6. The first-order valence-corrected chi connectivity index (χ1v) is 33.6. The number of hydrogen-bond acceptors (Lipinski definition) is 0. The summed E-state index contributed by atoms with van der Waals surface area (Å²) < 4.78 is 0.168. The molecule has 0 fully saturated rings. The first-order valence-electron chi connectivity index (χ1n) is 30.0. The van der Waals surface area contributed by atoms with E-state index in [-0.39, 0.29) is 19.0 Å². The normalized spacial score (nSPS) is 14.5. The largest absolute Gasteiger partial charge is 0.204 e. The molecule has 0 saturated carbocycles. The molecular formula is C74H108S2. The molecule has 416 valence electrons. The van der Waals surface area contributed by atoms with Gasteiger partial charge in [0.25, 0.3) is 0 Å². The summed E-state index contributed by atoms with van der Waals surface area (Å²) in [4.78, 5) is 3.20. The van der Waals surface area contributed by atoms with Gasteiger partial charge in [0.05, 0.1) is 0 Å². The molecular weight excluding hydrogens is 953 g/mol. The van der Waals surface area contributed by atoms with E-state index in [4.69, 9.17) is 0 Å². The van der Waals surface area contributed by atoms with Crippen LogP contribution >= 0.6 is 20.1 Å². The Morgan fingerprint density at radius 2 is 0.553 bits per heavy atom. The second kappa shape index (κ2) is 20.9. The average Bonchev–Trinajstić information content (AvgIpc) is 3.28. The van der Waals surface area contributed by atoms with Crippen molar-refractivity contribution in [3.8, 4) is 22.3 Å². The van der Waals surface area contributed by atoms with Crippen LogP contribution in [0.3, 0.4) is 0 Å². The molecule has 0 radical (unpaired) electrons. The summed E-state index contributed by atoms with van der Waals surface area (Å²) in [6.07, 6.45) is 0. The highest BCUT2D eigenvalue weighted by Crippen LogP contribution is 2.76. The molecule has 7 aromatic rings. The number of hydrogen-bond donors (Lipinski definition) is 0. The molecule has 7 aromatic carbocycles. The summed E-state index contributed by atoms with van der Waals surface area (Å²) in [5.74, 6) is 5.82. The predicted molar refractivity (Wildman–Crippen MR) is 353 cm³/mol. The second-order valence-electron chi connectivity index (χ2n) is 30.2. The summed E-state index contributed by atoms with van der Waals surface area (Å²) in [7, 11) is -3.02. The van der Waals surface area contributed by atoms with Crippen molar-refractivity contribution in [2.75, 3.05) is 11.5 Å². The van der Waals surface area contributed by atoms with E-state index in [9.17, 15) is 0 Å². The van der Waals surface area contributed by atoms with Gasteiger partial charge in [-0.05, 0) is 223 Å². The van der Waals surface area contributed by atoms with Crippen LogP contribution in [0, 0.1) is 11.8 Å². The summed E-state index contributed by atoms with van der Waals surface area (Å²) in [6, 6.07) is 31.8. The van der Waals surface area contributed by atoms with Crippen LogP contribution in [0.2, 0.25) is 0 Å². The zero-order chi connectivity index (χ0) is 57.1. The molecule has 76 heavy (non-hydrogen) atoms. The van der Waals surface area contributed by atoms with E-state index in [0.29, 0.717) is 47.3 Å². The van der Waals surface area contributed by atoms with Crippen LogP contribution in [0.4, 0.5) is 0 Å². The molecule has 0 bridgehead atoms. The fraction of sp³-hybridized carbons (Fsp3) is 0.568.